The maximum absolute atomic E-state index is 11.7. The first kappa shape index (κ1) is 10.7. The van der Waals surface area contributed by atoms with E-state index in [0.717, 1.165) is 5.56 Å². The molecule has 1 fully saturated rings. The van der Waals surface area contributed by atoms with Gasteiger partial charge in [-0.25, -0.2) is 4.79 Å². The smallest absolute Gasteiger partial charge is 0.313 e. The lowest BCUT2D eigenvalue weighted by atomic mass is 9.92. The molecule has 0 saturated carbocycles. The van der Waals surface area contributed by atoms with E-state index in [0.29, 0.717) is 6.42 Å². The van der Waals surface area contributed by atoms with Crippen LogP contribution in [0.1, 0.15) is 12.5 Å². The molecule has 0 unspecified atom stereocenters. The number of carbonyl (C=O) groups is 2. The molecule has 1 N–H and O–H groups in total. The van der Waals surface area contributed by atoms with Crippen LogP contribution in [0.15, 0.2) is 30.3 Å². The number of benzene rings is 1. The van der Waals surface area contributed by atoms with Crippen LogP contribution in [0.2, 0.25) is 0 Å². The maximum Gasteiger partial charge on any atom is 0.324 e. The Bertz CT molecular complexity index is 430. The first-order valence-electron chi connectivity index (χ1n) is 5.17. The fourth-order valence-electron chi connectivity index (χ4n) is 1.88. The summed E-state index contributed by atoms with van der Waals surface area (Å²) >= 11 is 0. The molecule has 1 aromatic rings. The van der Waals surface area contributed by atoms with Gasteiger partial charge in [0, 0.05) is 13.5 Å². The highest BCUT2D eigenvalue weighted by Crippen LogP contribution is 2.24. The fourth-order valence-corrected chi connectivity index (χ4v) is 1.88. The van der Waals surface area contributed by atoms with Crippen molar-refractivity contribution in [1.82, 2.24) is 10.2 Å². The normalized spacial score (nSPS) is 24.8. The van der Waals surface area contributed by atoms with Crippen LogP contribution in [0, 0.1) is 0 Å². The summed E-state index contributed by atoms with van der Waals surface area (Å²) in [6.07, 6.45) is 0.530. The monoisotopic (exact) mass is 218 g/mol. The zero-order valence-electron chi connectivity index (χ0n) is 9.36. The largest absolute Gasteiger partial charge is 0.324 e. The third kappa shape index (κ3) is 1.56. The van der Waals surface area contributed by atoms with Gasteiger partial charge in [0.1, 0.15) is 5.54 Å². The van der Waals surface area contributed by atoms with Crippen molar-refractivity contribution in [2.75, 3.05) is 7.05 Å². The van der Waals surface area contributed by atoms with Gasteiger partial charge in [0.25, 0.3) is 5.91 Å². The zero-order chi connectivity index (χ0) is 11.8. The molecular formula is C12H14N2O2. The third-order valence-corrected chi connectivity index (χ3v) is 3.15. The van der Waals surface area contributed by atoms with Crippen molar-refractivity contribution in [1.29, 1.82) is 0 Å². The molecule has 0 aliphatic carbocycles. The minimum atomic E-state index is -0.779. The van der Waals surface area contributed by atoms with Crippen molar-refractivity contribution in [2.24, 2.45) is 0 Å². The SMILES string of the molecule is CN1C(=O)NC(=O)[C@]1(C)Cc1ccccc1. The number of amides is 3. The van der Waals surface area contributed by atoms with Gasteiger partial charge in [-0.05, 0) is 12.5 Å². The Balaban J connectivity index is 2.26. The number of urea groups is 1. The Kier molecular flexibility index (Phi) is 2.42. The molecule has 0 radical (unpaired) electrons. The maximum atomic E-state index is 11.7. The standard InChI is InChI=1S/C12H14N2O2/c1-12(8-9-6-4-3-5-7-9)10(15)13-11(16)14(12)2/h3-7H,8H2,1-2H3,(H,13,15,16)/t12-/m0/s1. The van der Waals surface area contributed by atoms with Gasteiger partial charge < -0.3 is 4.90 Å². The van der Waals surface area contributed by atoms with Crippen LogP contribution < -0.4 is 5.32 Å². The van der Waals surface area contributed by atoms with E-state index in [4.69, 9.17) is 0 Å². The lowest BCUT2D eigenvalue weighted by molar-refractivity contribution is -0.125. The molecule has 4 heteroatoms. The lowest BCUT2D eigenvalue weighted by Gasteiger charge is -2.28. The van der Waals surface area contributed by atoms with Gasteiger partial charge in [0.05, 0.1) is 0 Å². The highest BCUT2D eigenvalue weighted by atomic mass is 16.2. The number of rotatable bonds is 2. The molecule has 2 rings (SSSR count). The molecule has 1 aliphatic heterocycles. The van der Waals surface area contributed by atoms with E-state index in [9.17, 15) is 9.59 Å². The predicted octanol–water partition coefficient (Wildman–Crippen LogP) is 1.17. The Hall–Kier alpha value is -1.84. The minimum Gasteiger partial charge on any atom is -0.313 e. The molecule has 3 amide bonds. The van der Waals surface area contributed by atoms with Crippen LogP contribution in [0.5, 0.6) is 0 Å². The predicted molar refractivity (Wildman–Crippen MR) is 59.9 cm³/mol. The second-order valence-electron chi connectivity index (χ2n) is 4.25. The molecule has 1 heterocycles. The summed E-state index contributed by atoms with van der Waals surface area (Å²) in [6.45, 7) is 1.78. The van der Waals surface area contributed by atoms with Crippen LogP contribution >= 0.6 is 0 Å². The lowest BCUT2D eigenvalue weighted by Crippen LogP contribution is -2.46. The molecule has 1 aliphatic rings. The van der Waals surface area contributed by atoms with Crippen molar-refractivity contribution in [2.45, 2.75) is 18.9 Å². The van der Waals surface area contributed by atoms with Gasteiger partial charge >= 0.3 is 6.03 Å². The molecule has 1 saturated heterocycles. The quantitative estimate of drug-likeness (QED) is 0.757. The van der Waals surface area contributed by atoms with E-state index in [-0.39, 0.29) is 11.9 Å². The van der Waals surface area contributed by atoms with E-state index in [2.05, 4.69) is 5.32 Å². The van der Waals surface area contributed by atoms with Crippen molar-refractivity contribution in [3.8, 4) is 0 Å². The van der Waals surface area contributed by atoms with Gasteiger partial charge in [-0.1, -0.05) is 30.3 Å². The van der Waals surface area contributed by atoms with Crippen molar-refractivity contribution < 1.29 is 9.59 Å². The summed E-state index contributed by atoms with van der Waals surface area (Å²) in [6, 6.07) is 9.35. The highest BCUT2D eigenvalue weighted by Gasteiger charge is 2.46. The third-order valence-electron chi connectivity index (χ3n) is 3.15. The molecule has 0 spiro atoms. The van der Waals surface area contributed by atoms with Crippen LogP contribution in [-0.2, 0) is 11.2 Å². The summed E-state index contributed by atoms with van der Waals surface area (Å²) in [4.78, 5) is 24.6. The summed E-state index contributed by atoms with van der Waals surface area (Å²) in [5.41, 5.74) is 0.264. The van der Waals surface area contributed by atoms with E-state index >= 15 is 0 Å². The molecule has 84 valence electrons. The van der Waals surface area contributed by atoms with Gasteiger partial charge in [0.15, 0.2) is 0 Å². The summed E-state index contributed by atoms with van der Waals surface area (Å²) < 4.78 is 0. The number of likely N-dealkylation sites (N-methyl/N-ethyl adjacent to an activating group) is 1. The van der Waals surface area contributed by atoms with E-state index in [1.807, 2.05) is 30.3 Å². The number of hydrogen-bond acceptors (Lipinski definition) is 2. The second-order valence-corrected chi connectivity index (χ2v) is 4.25. The Morgan fingerprint density at radius 1 is 1.25 bits per heavy atom. The van der Waals surface area contributed by atoms with Gasteiger partial charge in [-0.15, -0.1) is 0 Å². The van der Waals surface area contributed by atoms with Crippen LogP contribution in [0.3, 0.4) is 0 Å². The average Bonchev–Trinajstić information content (AvgIpc) is 2.45. The van der Waals surface area contributed by atoms with Crippen LogP contribution in [0.25, 0.3) is 0 Å². The van der Waals surface area contributed by atoms with E-state index in [1.165, 1.54) is 4.90 Å². The van der Waals surface area contributed by atoms with Crippen molar-refractivity contribution in [3.63, 3.8) is 0 Å². The number of imide groups is 1. The first-order valence-corrected chi connectivity index (χ1v) is 5.17. The number of hydrogen-bond donors (Lipinski definition) is 1. The Morgan fingerprint density at radius 3 is 2.38 bits per heavy atom. The first-order chi connectivity index (χ1) is 7.54. The van der Waals surface area contributed by atoms with Crippen LogP contribution in [-0.4, -0.2) is 29.4 Å². The average molecular weight is 218 g/mol. The number of nitrogens with one attached hydrogen (secondary N) is 1. The molecule has 0 aromatic heterocycles. The van der Waals surface area contributed by atoms with E-state index < -0.39 is 5.54 Å². The van der Waals surface area contributed by atoms with Gasteiger partial charge in [-0.2, -0.15) is 0 Å². The fraction of sp³-hybridized carbons (Fsp3) is 0.333. The van der Waals surface area contributed by atoms with Crippen LogP contribution in [0.4, 0.5) is 4.79 Å². The van der Waals surface area contributed by atoms with Gasteiger partial charge in [0.2, 0.25) is 0 Å². The molecule has 16 heavy (non-hydrogen) atoms. The second kappa shape index (κ2) is 3.63. The van der Waals surface area contributed by atoms with Crippen molar-refractivity contribution >= 4 is 11.9 Å². The molecule has 1 atom stereocenters. The molecular weight excluding hydrogens is 204 g/mol. The molecule has 1 aromatic carbocycles. The summed E-state index contributed by atoms with van der Waals surface area (Å²) in [5, 5.41) is 2.33. The van der Waals surface area contributed by atoms with Gasteiger partial charge in [-0.3, -0.25) is 10.1 Å². The zero-order valence-corrected chi connectivity index (χ0v) is 9.36. The van der Waals surface area contributed by atoms with E-state index in [1.54, 1.807) is 14.0 Å². The Labute approximate surface area is 94.2 Å². The number of nitrogens with zero attached hydrogens (tertiary/aromatic N) is 1. The minimum absolute atomic E-state index is 0.233. The highest BCUT2D eigenvalue weighted by molar-refractivity contribution is 6.06. The topological polar surface area (TPSA) is 49.4 Å². The molecule has 4 nitrogen and oxygen atoms in total. The Morgan fingerprint density at radius 2 is 1.88 bits per heavy atom. The summed E-state index contributed by atoms with van der Waals surface area (Å²) in [5.74, 6) is -0.233. The summed E-state index contributed by atoms with van der Waals surface area (Å²) in [7, 11) is 1.64. The molecule has 0 bridgehead atoms. The van der Waals surface area contributed by atoms with Crippen molar-refractivity contribution in [3.05, 3.63) is 35.9 Å². The number of carbonyl (C=O) groups excluding carboxylic acids is 2.